The lowest BCUT2D eigenvalue weighted by molar-refractivity contribution is 0.156. The molecule has 0 aromatic heterocycles. The van der Waals surface area contributed by atoms with Crippen molar-refractivity contribution < 1.29 is 9.84 Å². The summed E-state index contributed by atoms with van der Waals surface area (Å²) in [6.07, 6.45) is -0.417. The zero-order chi connectivity index (χ0) is 11.2. The third kappa shape index (κ3) is 3.50. The van der Waals surface area contributed by atoms with Gasteiger partial charge in [0.25, 0.3) is 0 Å². The molecule has 1 heterocycles. The molecule has 2 heteroatoms. The molecule has 0 spiro atoms. The van der Waals surface area contributed by atoms with Crippen LogP contribution >= 0.6 is 0 Å². The third-order valence-electron chi connectivity index (χ3n) is 2.20. The van der Waals surface area contributed by atoms with Crippen molar-refractivity contribution in [3.05, 3.63) is 60.7 Å². The van der Waals surface area contributed by atoms with Gasteiger partial charge >= 0.3 is 0 Å². The van der Waals surface area contributed by atoms with Gasteiger partial charge in [-0.05, 0) is 11.1 Å². The second kappa shape index (κ2) is 5.45. The molecule has 0 aliphatic carbocycles. The molecule has 3 rings (SSSR count). The maximum Gasteiger partial charge on any atom is 0.178 e. The average molecular weight is 214 g/mol. The maximum atomic E-state index is 7.94. The lowest BCUT2D eigenvalue weighted by Crippen LogP contribution is -1.73. The van der Waals surface area contributed by atoms with Gasteiger partial charge in [-0.2, -0.15) is 0 Å². The second-order valence-electron chi connectivity index (χ2n) is 3.52. The van der Waals surface area contributed by atoms with Crippen LogP contribution in [-0.4, -0.2) is 18.0 Å². The van der Waals surface area contributed by atoms with Gasteiger partial charge in [0.05, 0.1) is 0 Å². The smallest absolute Gasteiger partial charge is 0.178 e. The first-order valence-corrected chi connectivity index (χ1v) is 5.26. The predicted octanol–water partition coefficient (Wildman–Crippen LogP) is 2.69. The minimum atomic E-state index is -0.417. The van der Waals surface area contributed by atoms with Gasteiger partial charge < -0.3 is 9.84 Å². The molecule has 82 valence electrons. The summed E-state index contributed by atoms with van der Waals surface area (Å²) >= 11 is 0. The van der Waals surface area contributed by atoms with Crippen LogP contribution in [0.3, 0.4) is 0 Å². The highest BCUT2D eigenvalue weighted by Gasteiger charge is 2.16. The number of hydrogen-bond acceptors (Lipinski definition) is 2. The van der Waals surface area contributed by atoms with Crippen LogP contribution in [0.4, 0.5) is 0 Å². The maximum absolute atomic E-state index is 7.94. The SMILES string of the molecule is OC1CO1.c1ccc(-c2ccccc2)cc1. The van der Waals surface area contributed by atoms with Crippen LogP contribution in [0, 0.1) is 0 Å². The largest absolute Gasteiger partial charge is 0.366 e. The fourth-order valence-electron chi connectivity index (χ4n) is 1.30. The Labute approximate surface area is 95.1 Å². The molecular formula is C14H14O2. The molecule has 1 aliphatic rings. The third-order valence-corrected chi connectivity index (χ3v) is 2.20. The monoisotopic (exact) mass is 214 g/mol. The van der Waals surface area contributed by atoms with Crippen molar-refractivity contribution in [3.8, 4) is 11.1 Å². The fourth-order valence-corrected chi connectivity index (χ4v) is 1.30. The van der Waals surface area contributed by atoms with Crippen molar-refractivity contribution in [1.82, 2.24) is 0 Å². The van der Waals surface area contributed by atoms with E-state index in [2.05, 4.69) is 53.3 Å². The highest BCUT2D eigenvalue weighted by molar-refractivity contribution is 5.62. The van der Waals surface area contributed by atoms with E-state index in [1.807, 2.05) is 12.1 Å². The van der Waals surface area contributed by atoms with E-state index in [0.29, 0.717) is 6.61 Å². The van der Waals surface area contributed by atoms with Gasteiger partial charge in [-0.15, -0.1) is 0 Å². The Morgan fingerprint density at radius 3 is 1.38 bits per heavy atom. The Morgan fingerprint density at radius 1 is 0.812 bits per heavy atom. The molecule has 0 saturated carbocycles. The first-order valence-electron chi connectivity index (χ1n) is 5.26. The highest BCUT2D eigenvalue weighted by Crippen LogP contribution is 2.17. The standard InChI is InChI=1S/C12H10.C2H4O2/c1-3-7-11(8-4-1)12-9-5-2-6-10-12;3-2-1-4-2/h1-10H;2-3H,1H2. The molecule has 2 aromatic rings. The summed E-state index contributed by atoms with van der Waals surface area (Å²) in [6, 6.07) is 20.8. The van der Waals surface area contributed by atoms with Gasteiger partial charge in [-0.25, -0.2) is 0 Å². The number of hydrogen-bond donors (Lipinski definition) is 1. The summed E-state index contributed by atoms with van der Waals surface area (Å²) in [6.45, 7) is 0.542. The molecule has 0 amide bonds. The lowest BCUT2D eigenvalue weighted by Gasteiger charge is -1.98. The minimum Gasteiger partial charge on any atom is -0.366 e. The van der Waals surface area contributed by atoms with Crippen molar-refractivity contribution >= 4 is 0 Å². The van der Waals surface area contributed by atoms with E-state index in [9.17, 15) is 0 Å². The molecule has 1 saturated heterocycles. The number of ether oxygens (including phenoxy) is 1. The molecule has 1 aliphatic heterocycles. The van der Waals surface area contributed by atoms with Crippen LogP contribution in [0.1, 0.15) is 0 Å². The Hall–Kier alpha value is -1.64. The van der Waals surface area contributed by atoms with Gasteiger partial charge in [-0.3, -0.25) is 0 Å². The summed E-state index contributed by atoms with van der Waals surface area (Å²) in [5.74, 6) is 0. The van der Waals surface area contributed by atoms with E-state index in [0.717, 1.165) is 0 Å². The molecule has 16 heavy (non-hydrogen) atoms. The molecule has 2 nitrogen and oxygen atoms in total. The highest BCUT2D eigenvalue weighted by atomic mass is 16.7. The minimum absolute atomic E-state index is 0.417. The van der Waals surface area contributed by atoms with Gasteiger partial charge in [0, 0.05) is 0 Å². The van der Waals surface area contributed by atoms with Crippen molar-refractivity contribution in [3.63, 3.8) is 0 Å². The van der Waals surface area contributed by atoms with E-state index >= 15 is 0 Å². The number of benzene rings is 2. The van der Waals surface area contributed by atoms with Crippen LogP contribution in [0.2, 0.25) is 0 Å². The van der Waals surface area contributed by atoms with Crippen molar-refractivity contribution in [2.24, 2.45) is 0 Å². The molecule has 1 atom stereocenters. The quantitative estimate of drug-likeness (QED) is 0.740. The van der Waals surface area contributed by atoms with Crippen molar-refractivity contribution in [2.75, 3.05) is 6.61 Å². The van der Waals surface area contributed by atoms with Gasteiger partial charge in [0.15, 0.2) is 6.29 Å². The predicted molar refractivity (Wildman–Crippen MR) is 63.8 cm³/mol. The molecule has 2 aromatic carbocycles. The first kappa shape index (κ1) is 10.9. The van der Waals surface area contributed by atoms with E-state index in [-0.39, 0.29) is 0 Å². The van der Waals surface area contributed by atoms with Crippen LogP contribution < -0.4 is 0 Å². The molecule has 0 bridgehead atoms. The van der Waals surface area contributed by atoms with E-state index in [4.69, 9.17) is 5.11 Å². The van der Waals surface area contributed by atoms with Crippen LogP contribution in [0.25, 0.3) is 11.1 Å². The van der Waals surface area contributed by atoms with Gasteiger partial charge in [-0.1, -0.05) is 60.7 Å². The summed E-state index contributed by atoms with van der Waals surface area (Å²) in [7, 11) is 0. The number of epoxide rings is 1. The van der Waals surface area contributed by atoms with Gasteiger partial charge in [0.2, 0.25) is 0 Å². The zero-order valence-electron chi connectivity index (χ0n) is 8.91. The van der Waals surface area contributed by atoms with E-state index in [1.165, 1.54) is 11.1 Å². The van der Waals surface area contributed by atoms with Crippen LogP contribution in [-0.2, 0) is 4.74 Å². The molecule has 0 radical (unpaired) electrons. The summed E-state index contributed by atoms with van der Waals surface area (Å²) < 4.78 is 4.26. The van der Waals surface area contributed by atoms with E-state index < -0.39 is 6.29 Å². The molecular weight excluding hydrogens is 200 g/mol. The average Bonchev–Trinajstić information content (AvgIpc) is 3.15. The number of aliphatic hydroxyl groups excluding tert-OH is 1. The second-order valence-corrected chi connectivity index (χ2v) is 3.52. The van der Waals surface area contributed by atoms with E-state index in [1.54, 1.807) is 0 Å². The molecule has 1 fully saturated rings. The van der Waals surface area contributed by atoms with Crippen LogP contribution in [0.15, 0.2) is 60.7 Å². The Balaban J connectivity index is 0.000000203. The summed E-state index contributed by atoms with van der Waals surface area (Å²) in [5, 5.41) is 7.94. The topological polar surface area (TPSA) is 32.8 Å². The number of rotatable bonds is 1. The number of aliphatic hydroxyl groups is 1. The molecule has 1 N–H and O–H groups in total. The fraction of sp³-hybridized carbons (Fsp3) is 0.143. The Morgan fingerprint density at radius 2 is 1.12 bits per heavy atom. The summed E-state index contributed by atoms with van der Waals surface area (Å²) in [4.78, 5) is 0. The zero-order valence-corrected chi connectivity index (χ0v) is 8.91. The normalized spacial score (nSPS) is 17.2. The summed E-state index contributed by atoms with van der Waals surface area (Å²) in [5.41, 5.74) is 2.55. The van der Waals surface area contributed by atoms with Crippen molar-refractivity contribution in [1.29, 1.82) is 0 Å². The Bertz CT molecular complexity index is 370. The first-order chi connectivity index (χ1) is 7.86. The van der Waals surface area contributed by atoms with Gasteiger partial charge in [0.1, 0.15) is 6.61 Å². The molecule has 1 unspecified atom stereocenters. The van der Waals surface area contributed by atoms with Crippen molar-refractivity contribution in [2.45, 2.75) is 6.29 Å². The van der Waals surface area contributed by atoms with Crippen LogP contribution in [0.5, 0.6) is 0 Å². The lowest BCUT2D eigenvalue weighted by atomic mass is 10.1. The Kier molecular flexibility index (Phi) is 3.70.